The van der Waals surface area contributed by atoms with Gasteiger partial charge in [-0.2, -0.15) is 23.7 Å². The highest BCUT2D eigenvalue weighted by atomic mass is 32.1. The van der Waals surface area contributed by atoms with Crippen LogP contribution in [0.25, 0.3) is 10.2 Å². The number of fused-ring (bicyclic) bond motifs is 1. The van der Waals surface area contributed by atoms with Gasteiger partial charge in [0.05, 0.1) is 27.4 Å². The van der Waals surface area contributed by atoms with Gasteiger partial charge in [-0.05, 0) is 18.6 Å². The first-order chi connectivity index (χ1) is 9.87. The maximum atomic E-state index is 12.3. The first-order valence-corrected chi connectivity index (χ1v) is 6.93. The van der Waals surface area contributed by atoms with Gasteiger partial charge in [-0.3, -0.25) is 0 Å². The molecule has 3 nitrogen and oxygen atoms in total. The molecule has 108 valence electrons. The Morgan fingerprint density at radius 2 is 1.76 bits per heavy atom. The summed E-state index contributed by atoms with van der Waals surface area (Å²) in [7, 11) is 0. The van der Waals surface area contributed by atoms with E-state index in [9.17, 15) is 13.2 Å². The van der Waals surface area contributed by atoms with Crippen LogP contribution < -0.4 is 0 Å². The van der Waals surface area contributed by atoms with Crippen LogP contribution in [0.4, 0.5) is 13.2 Å². The molecule has 0 bridgehead atoms. The van der Waals surface area contributed by atoms with Gasteiger partial charge in [-0.15, -0.1) is 11.3 Å². The van der Waals surface area contributed by atoms with Gasteiger partial charge < -0.3 is 0 Å². The minimum atomic E-state index is -4.38. The van der Waals surface area contributed by atoms with Crippen molar-refractivity contribution in [2.24, 2.45) is 5.41 Å². The zero-order chi connectivity index (χ0) is 15.5. The summed E-state index contributed by atoms with van der Waals surface area (Å²) in [5.74, 6) is 0. The van der Waals surface area contributed by atoms with E-state index >= 15 is 0 Å². The summed E-state index contributed by atoms with van der Waals surface area (Å²) in [6.07, 6.45) is -6.17. The zero-order valence-electron chi connectivity index (χ0n) is 10.8. The van der Waals surface area contributed by atoms with Gasteiger partial charge in [0, 0.05) is 12.8 Å². The Balaban J connectivity index is 2.23. The second kappa shape index (κ2) is 5.71. The third kappa shape index (κ3) is 3.71. The molecule has 2 aromatic rings. The van der Waals surface area contributed by atoms with Gasteiger partial charge in [0.1, 0.15) is 0 Å². The van der Waals surface area contributed by atoms with Crippen molar-refractivity contribution in [3.8, 4) is 12.1 Å². The van der Waals surface area contributed by atoms with E-state index in [0.717, 1.165) is 10.2 Å². The van der Waals surface area contributed by atoms with E-state index in [-0.39, 0.29) is 6.42 Å². The molecule has 0 aliphatic rings. The molecule has 0 radical (unpaired) electrons. The number of rotatable bonds is 4. The lowest BCUT2D eigenvalue weighted by atomic mass is 9.83. The fourth-order valence-corrected chi connectivity index (χ4v) is 2.99. The van der Waals surface area contributed by atoms with Gasteiger partial charge in [0.15, 0.2) is 5.41 Å². The minimum Gasteiger partial charge on any atom is -0.241 e. The van der Waals surface area contributed by atoms with Crippen LogP contribution in [0.5, 0.6) is 0 Å². The van der Waals surface area contributed by atoms with Crippen LogP contribution in [-0.2, 0) is 6.42 Å². The maximum Gasteiger partial charge on any atom is 0.389 e. The smallest absolute Gasteiger partial charge is 0.241 e. The van der Waals surface area contributed by atoms with Crippen LogP contribution in [0, 0.1) is 28.1 Å². The van der Waals surface area contributed by atoms with E-state index in [2.05, 4.69) is 4.98 Å². The van der Waals surface area contributed by atoms with Gasteiger partial charge in [-0.25, -0.2) is 4.98 Å². The summed E-state index contributed by atoms with van der Waals surface area (Å²) in [4.78, 5) is 4.27. The van der Waals surface area contributed by atoms with Crippen molar-refractivity contribution in [1.29, 1.82) is 10.5 Å². The highest BCUT2D eigenvalue weighted by Crippen LogP contribution is 2.35. The predicted octanol–water partition coefficient (Wildman–Crippen LogP) is 4.21. The van der Waals surface area contributed by atoms with E-state index in [4.69, 9.17) is 10.5 Å². The molecule has 0 amide bonds. The number of alkyl halides is 3. The number of nitrogens with zero attached hydrogens (tertiary/aromatic N) is 3. The lowest BCUT2D eigenvalue weighted by Crippen LogP contribution is -2.23. The molecular weight excluding hydrogens is 299 g/mol. The Kier molecular flexibility index (Phi) is 4.15. The number of para-hydroxylation sites is 1. The van der Waals surface area contributed by atoms with E-state index in [1.165, 1.54) is 11.3 Å². The molecule has 21 heavy (non-hydrogen) atoms. The molecule has 0 unspecified atom stereocenters. The van der Waals surface area contributed by atoms with Crippen LogP contribution in [0.1, 0.15) is 17.8 Å². The molecule has 1 aromatic heterocycles. The summed E-state index contributed by atoms with van der Waals surface area (Å²) in [5, 5.41) is 18.8. The number of hydrogen-bond acceptors (Lipinski definition) is 4. The molecule has 0 spiro atoms. The normalized spacial score (nSPS) is 12.0. The monoisotopic (exact) mass is 309 g/mol. The third-order valence-corrected chi connectivity index (χ3v) is 4.09. The van der Waals surface area contributed by atoms with E-state index in [1.807, 2.05) is 12.1 Å². The molecule has 1 heterocycles. The number of thiazole rings is 1. The Hall–Kier alpha value is -2.12. The molecular formula is C14H10F3N3S. The van der Waals surface area contributed by atoms with Crippen molar-refractivity contribution < 1.29 is 13.2 Å². The highest BCUT2D eigenvalue weighted by Gasteiger charge is 2.37. The predicted molar refractivity (Wildman–Crippen MR) is 72.3 cm³/mol. The lowest BCUT2D eigenvalue weighted by Gasteiger charge is -2.17. The minimum absolute atomic E-state index is 0.0879. The van der Waals surface area contributed by atoms with Crippen molar-refractivity contribution in [3.63, 3.8) is 0 Å². The van der Waals surface area contributed by atoms with Crippen LogP contribution >= 0.6 is 11.3 Å². The summed E-state index contributed by atoms with van der Waals surface area (Å²) in [6.45, 7) is 0. The summed E-state index contributed by atoms with van der Waals surface area (Å²) in [6, 6.07) is 10.7. The topological polar surface area (TPSA) is 60.5 Å². The summed E-state index contributed by atoms with van der Waals surface area (Å²) in [5.41, 5.74) is -0.971. The molecule has 0 saturated carbocycles. The molecule has 0 atom stereocenters. The number of benzene rings is 1. The van der Waals surface area contributed by atoms with E-state index in [1.54, 1.807) is 24.3 Å². The third-order valence-electron chi connectivity index (χ3n) is 3.05. The molecule has 0 N–H and O–H groups in total. The standard InChI is InChI=1S/C14H10F3N3S/c15-14(16,17)6-5-13(8-18,9-19)7-12-20-10-3-1-2-4-11(10)21-12/h1-4H,5-7H2. The van der Waals surface area contributed by atoms with Gasteiger partial charge >= 0.3 is 6.18 Å². The number of halogens is 3. The Labute approximate surface area is 123 Å². The second-order valence-electron chi connectivity index (χ2n) is 4.67. The molecule has 0 saturated heterocycles. The molecule has 0 aliphatic heterocycles. The second-order valence-corrected chi connectivity index (χ2v) is 5.79. The van der Waals surface area contributed by atoms with E-state index in [0.29, 0.717) is 5.01 Å². The van der Waals surface area contributed by atoms with E-state index < -0.39 is 24.4 Å². The lowest BCUT2D eigenvalue weighted by molar-refractivity contribution is -0.138. The zero-order valence-corrected chi connectivity index (χ0v) is 11.6. The van der Waals surface area contributed by atoms with Crippen LogP contribution in [0.3, 0.4) is 0 Å². The Bertz CT molecular complexity index is 674. The maximum absolute atomic E-state index is 12.3. The van der Waals surface area contributed by atoms with Crippen molar-refractivity contribution in [1.82, 2.24) is 4.98 Å². The largest absolute Gasteiger partial charge is 0.389 e. The number of hydrogen-bond donors (Lipinski definition) is 0. The number of nitriles is 2. The highest BCUT2D eigenvalue weighted by molar-refractivity contribution is 7.18. The van der Waals surface area contributed by atoms with Crippen LogP contribution in [0.15, 0.2) is 24.3 Å². The molecule has 0 fully saturated rings. The Morgan fingerprint density at radius 3 is 2.33 bits per heavy atom. The average molecular weight is 309 g/mol. The molecule has 1 aromatic carbocycles. The quantitative estimate of drug-likeness (QED) is 0.849. The van der Waals surface area contributed by atoms with Crippen molar-refractivity contribution in [2.45, 2.75) is 25.4 Å². The van der Waals surface area contributed by atoms with Crippen molar-refractivity contribution in [2.75, 3.05) is 0 Å². The summed E-state index contributed by atoms with van der Waals surface area (Å²) < 4.78 is 37.9. The summed E-state index contributed by atoms with van der Waals surface area (Å²) >= 11 is 1.29. The molecule has 7 heteroatoms. The first-order valence-electron chi connectivity index (χ1n) is 6.11. The fraction of sp³-hybridized carbons (Fsp3) is 0.357. The molecule has 2 rings (SSSR count). The van der Waals surface area contributed by atoms with Gasteiger partial charge in [-0.1, -0.05) is 12.1 Å². The average Bonchev–Trinajstić information content (AvgIpc) is 2.84. The van der Waals surface area contributed by atoms with Gasteiger partial charge in [0.2, 0.25) is 0 Å². The van der Waals surface area contributed by atoms with Gasteiger partial charge in [0.25, 0.3) is 0 Å². The Morgan fingerprint density at radius 1 is 1.10 bits per heavy atom. The number of aromatic nitrogens is 1. The fourth-order valence-electron chi connectivity index (χ4n) is 1.91. The van der Waals surface area contributed by atoms with Crippen LogP contribution in [-0.4, -0.2) is 11.2 Å². The van der Waals surface area contributed by atoms with Crippen molar-refractivity contribution >= 4 is 21.6 Å². The van der Waals surface area contributed by atoms with Crippen LogP contribution in [0.2, 0.25) is 0 Å². The van der Waals surface area contributed by atoms with Crippen molar-refractivity contribution in [3.05, 3.63) is 29.3 Å². The SMILES string of the molecule is N#CC(C#N)(CCC(F)(F)F)Cc1nc2ccccc2s1. The molecule has 0 aliphatic carbocycles. The first kappa shape index (κ1) is 15.3.